The number of ether oxygens (including phenoxy) is 1. The largest absolute Gasteiger partial charge is 0.369 e. The van der Waals surface area contributed by atoms with Gasteiger partial charge in [-0.15, -0.1) is 0 Å². The molecule has 1 fully saturated rings. The SMILES string of the molecule is CC(C)n1ccc(C2CC3CSC(NC(=O)c4ccccc4)=NC3(c3ccc(F)cc3F)CO2)n1. The highest BCUT2D eigenvalue weighted by molar-refractivity contribution is 8.13. The maximum absolute atomic E-state index is 15.1. The van der Waals surface area contributed by atoms with Crippen molar-refractivity contribution in [2.24, 2.45) is 10.9 Å². The number of benzene rings is 2. The quantitative estimate of drug-likeness (QED) is 0.536. The fourth-order valence-corrected chi connectivity index (χ4v) is 5.79. The van der Waals surface area contributed by atoms with Gasteiger partial charge in [0.05, 0.1) is 12.3 Å². The normalized spacial score (nSPS) is 24.1. The lowest BCUT2D eigenvalue weighted by Gasteiger charge is -2.46. The predicted octanol–water partition coefficient (Wildman–Crippen LogP) is 5.25. The van der Waals surface area contributed by atoms with E-state index in [-0.39, 0.29) is 36.1 Å². The number of aromatic nitrogens is 2. The zero-order valence-electron chi connectivity index (χ0n) is 19.4. The number of carbonyl (C=O) groups excluding carboxylic acids is 1. The first kappa shape index (κ1) is 23.7. The highest BCUT2D eigenvalue weighted by atomic mass is 32.2. The molecule has 1 amide bonds. The summed E-state index contributed by atoms with van der Waals surface area (Å²) in [7, 11) is 0. The Bertz CT molecular complexity index is 1260. The smallest absolute Gasteiger partial charge is 0.257 e. The zero-order chi connectivity index (χ0) is 24.6. The highest BCUT2D eigenvalue weighted by Crippen LogP contribution is 2.49. The standard InChI is InChI=1S/C26H26F2N4O2S/c1-16(2)32-11-10-22(31-32)23-12-18-14-35-25(29-24(33)17-6-4-3-5-7-17)30-26(18,15-34-23)20-9-8-19(27)13-21(20)28/h3-11,13,16,18,23H,12,14-15H2,1-2H3,(H,29,30,33). The number of halogens is 2. The summed E-state index contributed by atoms with van der Waals surface area (Å²) in [6.07, 6.45) is 2.24. The van der Waals surface area contributed by atoms with Crippen LogP contribution >= 0.6 is 11.8 Å². The second kappa shape index (κ2) is 9.54. The minimum Gasteiger partial charge on any atom is -0.369 e. The summed E-state index contributed by atoms with van der Waals surface area (Å²) in [5, 5.41) is 7.90. The molecule has 2 aromatic carbocycles. The van der Waals surface area contributed by atoms with Gasteiger partial charge in [0.2, 0.25) is 0 Å². The Balaban J connectivity index is 1.48. The van der Waals surface area contributed by atoms with E-state index in [0.29, 0.717) is 22.9 Å². The van der Waals surface area contributed by atoms with Gasteiger partial charge in [0, 0.05) is 41.1 Å². The van der Waals surface area contributed by atoms with Gasteiger partial charge >= 0.3 is 0 Å². The molecule has 3 heterocycles. The second-order valence-corrected chi connectivity index (χ2v) is 10.2. The van der Waals surface area contributed by atoms with Crippen LogP contribution in [0.1, 0.15) is 54.0 Å². The van der Waals surface area contributed by atoms with E-state index in [4.69, 9.17) is 9.73 Å². The first-order valence-electron chi connectivity index (χ1n) is 11.6. The Morgan fingerprint density at radius 3 is 2.71 bits per heavy atom. The number of aliphatic imine (C=N–C) groups is 1. The number of hydrogen-bond acceptors (Lipinski definition) is 5. The van der Waals surface area contributed by atoms with Gasteiger partial charge in [0.25, 0.3) is 5.91 Å². The van der Waals surface area contributed by atoms with Crippen molar-refractivity contribution in [2.75, 3.05) is 12.4 Å². The molecule has 35 heavy (non-hydrogen) atoms. The van der Waals surface area contributed by atoms with Crippen LogP contribution in [-0.2, 0) is 10.3 Å². The van der Waals surface area contributed by atoms with E-state index in [2.05, 4.69) is 24.3 Å². The lowest BCUT2D eigenvalue weighted by molar-refractivity contribution is -0.0609. The van der Waals surface area contributed by atoms with Gasteiger partial charge in [-0.1, -0.05) is 36.0 Å². The van der Waals surface area contributed by atoms with Crippen LogP contribution < -0.4 is 5.32 Å². The number of fused-ring (bicyclic) bond motifs is 1. The number of nitrogens with zero attached hydrogens (tertiary/aromatic N) is 3. The van der Waals surface area contributed by atoms with Crippen LogP contribution in [-0.4, -0.2) is 33.2 Å². The van der Waals surface area contributed by atoms with Crippen molar-refractivity contribution in [2.45, 2.75) is 38.0 Å². The van der Waals surface area contributed by atoms with Crippen LogP contribution in [0.2, 0.25) is 0 Å². The molecule has 1 saturated heterocycles. The monoisotopic (exact) mass is 496 g/mol. The minimum atomic E-state index is -1.08. The lowest BCUT2D eigenvalue weighted by atomic mass is 9.74. The summed E-state index contributed by atoms with van der Waals surface area (Å²) in [4.78, 5) is 17.6. The predicted molar refractivity (Wildman–Crippen MR) is 131 cm³/mol. The van der Waals surface area contributed by atoms with Crippen LogP contribution in [0.25, 0.3) is 0 Å². The van der Waals surface area contributed by atoms with Crippen LogP contribution in [0.4, 0.5) is 8.78 Å². The van der Waals surface area contributed by atoms with Crippen LogP contribution in [0, 0.1) is 17.6 Å². The molecular weight excluding hydrogens is 470 g/mol. The van der Waals surface area contributed by atoms with Crippen LogP contribution in [0.3, 0.4) is 0 Å². The Hall–Kier alpha value is -3.04. The summed E-state index contributed by atoms with van der Waals surface area (Å²) in [6, 6.07) is 14.5. The molecule has 0 aliphatic carbocycles. The molecule has 9 heteroatoms. The van der Waals surface area contributed by atoms with Crippen molar-refractivity contribution in [3.63, 3.8) is 0 Å². The molecule has 1 N–H and O–H groups in total. The summed E-state index contributed by atoms with van der Waals surface area (Å²) < 4.78 is 37.0. The molecule has 3 unspecified atom stereocenters. The highest BCUT2D eigenvalue weighted by Gasteiger charge is 2.50. The van der Waals surface area contributed by atoms with Gasteiger partial charge in [-0.25, -0.2) is 13.8 Å². The molecule has 2 aliphatic rings. The van der Waals surface area contributed by atoms with Crippen molar-refractivity contribution in [1.82, 2.24) is 15.1 Å². The number of carbonyl (C=O) groups is 1. The molecule has 6 nitrogen and oxygen atoms in total. The molecule has 1 aromatic heterocycles. The molecule has 3 aromatic rings. The molecule has 0 bridgehead atoms. The van der Waals surface area contributed by atoms with E-state index in [0.717, 1.165) is 11.8 Å². The van der Waals surface area contributed by atoms with E-state index in [9.17, 15) is 9.18 Å². The maximum atomic E-state index is 15.1. The third-order valence-electron chi connectivity index (χ3n) is 6.54. The summed E-state index contributed by atoms with van der Waals surface area (Å²) in [5.74, 6) is -1.13. The van der Waals surface area contributed by atoms with Crippen molar-refractivity contribution < 1.29 is 18.3 Å². The van der Waals surface area contributed by atoms with Gasteiger partial charge in [0.15, 0.2) is 5.17 Å². The van der Waals surface area contributed by atoms with Gasteiger partial charge in [0.1, 0.15) is 23.3 Å². The average Bonchev–Trinajstić information content (AvgIpc) is 3.35. The van der Waals surface area contributed by atoms with Gasteiger partial charge < -0.3 is 10.1 Å². The first-order valence-corrected chi connectivity index (χ1v) is 12.6. The van der Waals surface area contributed by atoms with Crippen LogP contribution in [0.15, 0.2) is 65.8 Å². The molecule has 3 atom stereocenters. The second-order valence-electron chi connectivity index (χ2n) is 9.14. The number of rotatable bonds is 4. The van der Waals surface area contributed by atoms with Gasteiger partial charge in [-0.3, -0.25) is 9.48 Å². The fourth-order valence-electron chi connectivity index (χ4n) is 4.63. The lowest BCUT2D eigenvalue weighted by Crippen LogP contribution is -2.49. The van der Waals surface area contributed by atoms with Crippen molar-refractivity contribution >= 4 is 22.8 Å². The summed E-state index contributed by atoms with van der Waals surface area (Å²) in [6.45, 7) is 4.20. The Morgan fingerprint density at radius 1 is 1.20 bits per heavy atom. The maximum Gasteiger partial charge on any atom is 0.257 e. The number of nitrogens with one attached hydrogen (secondary N) is 1. The molecular formula is C26H26F2N4O2S. The number of hydrogen-bond donors (Lipinski definition) is 1. The molecule has 0 spiro atoms. The van der Waals surface area contributed by atoms with E-state index in [1.165, 1.54) is 23.9 Å². The van der Waals surface area contributed by atoms with Crippen LogP contribution in [0.5, 0.6) is 0 Å². The van der Waals surface area contributed by atoms with Crippen molar-refractivity contribution in [3.8, 4) is 0 Å². The number of thioether (sulfide) groups is 1. The van der Waals surface area contributed by atoms with E-state index < -0.39 is 17.2 Å². The van der Waals surface area contributed by atoms with Gasteiger partial charge in [-0.2, -0.15) is 5.10 Å². The molecule has 0 radical (unpaired) electrons. The fraction of sp³-hybridized carbons (Fsp3) is 0.346. The molecule has 182 valence electrons. The molecule has 5 rings (SSSR count). The van der Waals surface area contributed by atoms with E-state index >= 15 is 4.39 Å². The van der Waals surface area contributed by atoms with Gasteiger partial charge in [-0.05, 0) is 44.5 Å². The Labute approximate surface area is 206 Å². The molecule has 2 aliphatic heterocycles. The van der Waals surface area contributed by atoms with Crippen molar-refractivity contribution in [1.29, 1.82) is 0 Å². The first-order chi connectivity index (χ1) is 16.9. The topological polar surface area (TPSA) is 68.5 Å². The van der Waals surface area contributed by atoms with E-state index in [1.54, 1.807) is 24.3 Å². The van der Waals surface area contributed by atoms with Crippen molar-refractivity contribution in [3.05, 3.63) is 89.2 Å². The van der Waals surface area contributed by atoms with E-state index in [1.807, 2.05) is 23.0 Å². The third-order valence-corrected chi connectivity index (χ3v) is 7.58. The zero-order valence-corrected chi connectivity index (χ0v) is 20.3. The third kappa shape index (κ3) is 4.62. The minimum absolute atomic E-state index is 0.0880. The molecule has 0 saturated carbocycles. The number of amidine groups is 1. The Morgan fingerprint density at radius 2 is 2.00 bits per heavy atom. The summed E-state index contributed by atoms with van der Waals surface area (Å²) in [5.41, 5.74) is 0.505. The Kier molecular flexibility index (Phi) is 6.46. The average molecular weight is 497 g/mol. The summed E-state index contributed by atoms with van der Waals surface area (Å²) >= 11 is 1.42. The number of amides is 1.